The van der Waals surface area contributed by atoms with Crippen LogP contribution in [0.4, 0.5) is 0 Å². The van der Waals surface area contributed by atoms with Gasteiger partial charge in [-0.05, 0) is 67.6 Å². The van der Waals surface area contributed by atoms with Crippen LogP contribution >= 0.6 is 0 Å². The van der Waals surface area contributed by atoms with Crippen LogP contribution in [0.25, 0.3) is 0 Å². The molecule has 0 spiro atoms. The Bertz CT molecular complexity index is 597. The van der Waals surface area contributed by atoms with Crippen molar-refractivity contribution in [1.82, 2.24) is 4.90 Å². The highest BCUT2D eigenvalue weighted by Gasteiger charge is 2.44. The molecular formula is C20H27NO2. The fourth-order valence-electron chi connectivity index (χ4n) is 5.12. The van der Waals surface area contributed by atoms with Crippen LogP contribution in [-0.2, 0) is 24.2 Å². The highest BCUT2D eigenvalue weighted by Crippen LogP contribution is 2.40. The molecular weight excluding hydrogens is 286 g/mol. The standard InChI is InChI=1S/C20H27NO2/c22-20(23)19-12-17-7-3-4-8-18(17)21(19)13-14-9-10-15-5-1-2-6-16(15)11-14/h9-11,17-19H,1-8,12-13H2,(H,22,23). The van der Waals surface area contributed by atoms with E-state index in [2.05, 4.69) is 23.1 Å². The number of likely N-dealkylation sites (tertiary alicyclic amines) is 1. The van der Waals surface area contributed by atoms with E-state index in [-0.39, 0.29) is 6.04 Å². The van der Waals surface area contributed by atoms with Crippen LogP contribution in [-0.4, -0.2) is 28.1 Å². The summed E-state index contributed by atoms with van der Waals surface area (Å²) in [6.07, 6.45) is 10.8. The molecule has 0 aromatic heterocycles. The van der Waals surface area contributed by atoms with Gasteiger partial charge in [-0.15, -0.1) is 0 Å². The second-order valence-electron chi connectivity index (χ2n) is 7.68. The molecule has 3 aliphatic rings. The Labute approximate surface area is 138 Å². The van der Waals surface area contributed by atoms with Crippen LogP contribution < -0.4 is 0 Å². The normalized spacial score (nSPS) is 30.7. The van der Waals surface area contributed by atoms with Crippen LogP contribution in [0.15, 0.2) is 18.2 Å². The average Bonchev–Trinajstić information content (AvgIpc) is 2.94. The average molecular weight is 313 g/mol. The zero-order valence-corrected chi connectivity index (χ0v) is 13.8. The lowest BCUT2D eigenvalue weighted by Gasteiger charge is -2.33. The minimum absolute atomic E-state index is 0.279. The first-order valence-corrected chi connectivity index (χ1v) is 9.31. The van der Waals surface area contributed by atoms with E-state index in [1.54, 1.807) is 0 Å². The van der Waals surface area contributed by atoms with Gasteiger partial charge in [-0.1, -0.05) is 31.0 Å². The summed E-state index contributed by atoms with van der Waals surface area (Å²) >= 11 is 0. The van der Waals surface area contributed by atoms with Crippen molar-refractivity contribution in [2.45, 2.75) is 76.4 Å². The van der Waals surface area contributed by atoms with E-state index in [0.717, 1.165) is 13.0 Å². The Balaban J connectivity index is 1.56. The summed E-state index contributed by atoms with van der Waals surface area (Å²) in [7, 11) is 0. The summed E-state index contributed by atoms with van der Waals surface area (Å²) in [6, 6.07) is 7.08. The number of rotatable bonds is 3. The molecule has 2 aliphatic carbocycles. The van der Waals surface area contributed by atoms with Crippen LogP contribution in [0.2, 0.25) is 0 Å². The number of nitrogens with zero attached hydrogens (tertiary/aromatic N) is 1. The SMILES string of the molecule is O=C(O)C1CC2CCCCC2N1Cc1ccc2c(c1)CCCC2. The molecule has 1 aromatic carbocycles. The summed E-state index contributed by atoms with van der Waals surface area (Å²) < 4.78 is 0. The zero-order chi connectivity index (χ0) is 15.8. The van der Waals surface area contributed by atoms with Crippen molar-refractivity contribution in [2.24, 2.45) is 5.92 Å². The lowest BCUT2D eigenvalue weighted by Crippen LogP contribution is -2.41. The van der Waals surface area contributed by atoms with E-state index in [4.69, 9.17) is 0 Å². The molecule has 2 fully saturated rings. The molecule has 3 atom stereocenters. The largest absolute Gasteiger partial charge is 0.480 e. The molecule has 124 valence electrons. The third-order valence-corrected chi connectivity index (χ3v) is 6.28. The van der Waals surface area contributed by atoms with Crippen LogP contribution in [0.1, 0.15) is 61.6 Å². The van der Waals surface area contributed by atoms with Gasteiger partial charge in [0.15, 0.2) is 0 Å². The Morgan fingerprint density at radius 1 is 1.09 bits per heavy atom. The number of fused-ring (bicyclic) bond motifs is 2. The maximum atomic E-state index is 11.7. The molecule has 3 heteroatoms. The number of carbonyl (C=O) groups is 1. The molecule has 23 heavy (non-hydrogen) atoms. The van der Waals surface area contributed by atoms with E-state index in [9.17, 15) is 9.90 Å². The van der Waals surface area contributed by atoms with Gasteiger partial charge < -0.3 is 5.11 Å². The molecule has 1 aliphatic heterocycles. The topological polar surface area (TPSA) is 40.5 Å². The molecule has 0 amide bonds. The van der Waals surface area contributed by atoms with E-state index in [1.165, 1.54) is 68.1 Å². The molecule has 1 N–H and O–H groups in total. The van der Waals surface area contributed by atoms with Crippen molar-refractivity contribution in [1.29, 1.82) is 0 Å². The van der Waals surface area contributed by atoms with Gasteiger partial charge in [-0.25, -0.2) is 0 Å². The summed E-state index contributed by atoms with van der Waals surface area (Å²) in [5.41, 5.74) is 4.31. The molecule has 0 radical (unpaired) electrons. The van der Waals surface area contributed by atoms with E-state index in [1.807, 2.05) is 0 Å². The van der Waals surface area contributed by atoms with Gasteiger partial charge in [-0.2, -0.15) is 0 Å². The number of aliphatic carboxylic acids is 1. The first-order chi connectivity index (χ1) is 11.2. The quantitative estimate of drug-likeness (QED) is 0.923. The van der Waals surface area contributed by atoms with Crippen molar-refractivity contribution in [3.8, 4) is 0 Å². The Kier molecular flexibility index (Phi) is 4.14. The van der Waals surface area contributed by atoms with E-state index >= 15 is 0 Å². The van der Waals surface area contributed by atoms with Crippen molar-refractivity contribution in [3.63, 3.8) is 0 Å². The summed E-state index contributed by atoms with van der Waals surface area (Å²) in [5.74, 6) is -0.0279. The molecule has 1 heterocycles. The molecule has 3 nitrogen and oxygen atoms in total. The monoisotopic (exact) mass is 313 g/mol. The van der Waals surface area contributed by atoms with Crippen LogP contribution in [0.3, 0.4) is 0 Å². The van der Waals surface area contributed by atoms with Gasteiger partial charge >= 0.3 is 5.97 Å². The highest BCUT2D eigenvalue weighted by molar-refractivity contribution is 5.74. The van der Waals surface area contributed by atoms with Gasteiger partial charge in [0, 0.05) is 12.6 Å². The van der Waals surface area contributed by atoms with Gasteiger partial charge in [0.1, 0.15) is 6.04 Å². The Morgan fingerprint density at radius 2 is 1.87 bits per heavy atom. The summed E-state index contributed by atoms with van der Waals surface area (Å²) in [5, 5.41) is 9.66. The Hall–Kier alpha value is -1.35. The molecule has 3 unspecified atom stereocenters. The lowest BCUT2D eigenvalue weighted by atomic mass is 9.84. The molecule has 0 bridgehead atoms. The highest BCUT2D eigenvalue weighted by atomic mass is 16.4. The number of hydrogen-bond acceptors (Lipinski definition) is 2. The first-order valence-electron chi connectivity index (χ1n) is 9.31. The van der Waals surface area contributed by atoms with Gasteiger partial charge in [0.2, 0.25) is 0 Å². The third kappa shape index (κ3) is 2.91. The number of benzene rings is 1. The number of carboxylic acids is 1. The van der Waals surface area contributed by atoms with Crippen molar-refractivity contribution >= 4 is 5.97 Å². The number of carboxylic acid groups (broad SMARTS) is 1. The lowest BCUT2D eigenvalue weighted by molar-refractivity contribution is -0.142. The fourth-order valence-corrected chi connectivity index (χ4v) is 5.12. The van der Waals surface area contributed by atoms with Crippen molar-refractivity contribution in [3.05, 3.63) is 34.9 Å². The van der Waals surface area contributed by atoms with Crippen LogP contribution in [0, 0.1) is 5.92 Å². The summed E-state index contributed by atoms with van der Waals surface area (Å²) in [4.78, 5) is 14.0. The Morgan fingerprint density at radius 3 is 2.70 bits per heavy atom. The molecule has 4 rings (SSSR count). The molecule has 1 saturated heterocycles. The second-order valence-corrected chi connectivity index (χ2v) is 7.68. The van der Waals surface area contributed by atoms with E-state index in [0.29, 0.717) is 12.0 Å². The minimum atomic E-state index is -0.627. The zero-order valence-electron chi connectivity index (χ0n) is 13.8. The number of aryl methyl sites for hydroxylation is 2. The smallest absolute Gasteiger partial charge is 0.320 e. The van der Waals surface area contributed by atoms with Gasteiger partial charge in [0.25, 0.3) is 0 Å². The minimum Gasteiger partial charge on any atom is -0.480 e. The fraction of sp³-hybridized carbons (Fsp3) is 0.650. The van der Waals surface area contributed by atoms with Crippen molar-refractivity contribution < 1.29 is 9.90 Å². The third-order valence-electron chi connectivity index (χ3n) is 6.28. The van der Waals surface area contributed by atoms with Crippen molar-refractivity contribution in [2.75, 3.05) is 0 Å². The second kappa shape index (κ2) is 6.27. The maximum Gasteiger partial charge on any atom is 0.320 e. The summed E-state index contributed by atoms with van der Waals surface area (Å²) in [6.45, 7) is 0.811. The van der Waals surface area contributed by atoms with E-state index < -0.39 is 5.97 Å². The van der Waals surface area contributed by atoms with Gasteiger partial charge in [0.05, 0.1) is 0 Å². The van der Waals surface area contributed by atoms with Crippen LogP contribution in [0.5, 0.6) is 0 Å². The van der Waals surface area contributed by atoms with Gasteiger partial charge in [-0.3, -0.25) is 9.69 Å². The predicted molar refractivity (Wildman–Crippen MR) is 90.4 cm³/mol. The first kappa shape index (κ1) is 15.2. The number of hydrogen-bond donors (Lipinski definition) is 1. The predicted octanol–water partition coefficient (Wildman–Crippen LogP) is 3.78. The maximum absolute atomic E-state index is 11.7. The molecule has 1 saturated carbocycles. The molecule has 1 aromatic rings.